The first kappa shape index (κ1) is 21.2. The monoisotopic (exact) mass is 503 g/mol. The normalized spacial score (nSPS) is 19.9. The lowest BCUT2D eigenvalue weighted by Gasteiger charge is -2.30. The summed E-state index contributed by atoms with van der Waals surface area (Å²) in [6.07, 6.45) is -1.60. The summed E-state index contributed by atoms with van der Waals surface area (Å²) < 4.78 is 46.8. The molecule has 11 heteroatoms. The van der Waals surface area contributed by atoms with Gasteiger partial charge in [0, 0.05) is 17.5 Å². The number of hydrogen-bond acceptors (Lipinski definition) is 5. The Bertz CT molecular complexity index is 1110. The molecule has 1 aliphatic carbocycles. The quantitative estimate of drug-likeness (QED) is 0.468. The van der Waals surface area contributed by atoms with Crippen LogP contribution in [0, 0.1) is 6.92 Å². The summed E-state index contributed by atoms with van der Waals surface area (Å²) in [5.41, 5.74) is 7.91. The van der Waals surface area contributed by atoms with Crippen LogP contribution in [0.4, 0.5) is 19.0 Å². The molecule has 2 unspecified atom stereocenters. The molecule has 0 amide bonds. The van der Waals surface area contributed by atoms with E-state index in [0.29, 0.717) is 28.2 Å². The molecule has 1 aliphatic rings. The zero-order valence-corrected chi connectivity index (χ0v) is 18.1. The molecule has 3 N–H and O–H groups in total. The van der Waals surface area contributed by atoms with Gasteiger partial charge in [0.1, 0.15) is 15.9 Å². The molecular weight excluding hydrogens is 487 g/mol. The third-order valence-electron chi connectivity index (χ3n) is 5.33. The Kier molecular flexibility index (Phi) is 5.58. The van der Waals surface area contributed by atoms with Gasteiger partial charge in [-0.05, 0) is 70.6 Å². The highest BCUT2D eigenvalue weighted by molar-refractivity contribution is 9.10. The van der Waals surface area contributed by atoms with Gasteiger partial charge in [0.05, 0.1) is 12.8 Å². The van der Waals surface area contributed by atoms with Gasteiger partial charge in [0.2, 0.25) is 5.28 Å². The first-order chi connectivity index (χ1) is 14.2. The van der Waals surface area contributed by atoms with E-state index in [1.165, 1.54) is 6.08 Å². The zero-order chi connectivity index (χ0) is 21.6. The highest BCUT2D eigenvalue weighted by Gasteiger charge is 2.39. The molecule has 0 aliphatic heterocycles. The standard InChI is InChI=1S/C19H18BrClF3N5O/c1-9-14(12-5-4-10(7-13(12)25)19(22,23)24)16(20)29-15(9)17(27-18(21)28-29)26-8-11-3-2-6-30-11/h2-4,6,12-13H,5,7-8,25H2,1H3,(H,26,27,28). The highest BCUT2D eigenvalue weighted by Crippen LogP contribution is 2.43. The van der Waals surface area contributed by atoms with E-state index >= 15 is 0 Å². The van der Waals surface area contributed by atoms with Crippen LogP contribution in [0.15, 0.2) is 39.1 Å². The fourth-order valence-electron chi connectivity index (χ4n) is 3.90. The second kappa shape index (κ2) is 7.90. The molecule has 0 bridgehead atoms. The maximum absolute atomic E-state index is 13.1. The number of rotatable bonds is 4. The summed E-state index contributed by atoms with van der Waals surface area (Å²) in [7, 11) is 0. The summed E-state index contributed by atoms with van der Waals surface area (Å²) in [6, 6.07) is 2.93. The number of nitrogens with one attached hydrogen (secondary N) is 1. The fourth-order valence-corrected chi connectivity index (χ4v) is 4.91. The smallest absolute Gasteiger partial charge is 0.412 e. The van der Waals surface area contributed by atoms with E-state index in [2.05, 4.69) is 31.3 Å². The number of fused-ring (bicyclic) bond motifs is 1. The number of nitrogens with zero attached hydrogens (tertiary/aromatic N) is 3. The van der Waals surface area contributed by atoms with Crippen LogP contribution in [0.2, 0.25) is 5.28 Å². The summed E-state index contributed by atoms with van der Waals surface area (Å²) in [4.78, 5) is 4.29. The Balaban J connectivity index is 1.75. The largest absolute Gasteiger partial charge is 0.467 e. The predicted octanol–water partition coefficient (Wildman–Crippen LogP) is 5.35. The van der Waals surface area contributed by atoms with Gasteiger partial charge >= 0.3 is 6.18 Å². The molecule has 0 aromatic carbocycles. The van der Waals surface area contributed by atoms with Crippen molar-refractivity contribution >= 4 is 38.9 Å². The minimum Gasteiger partial charge on any atom is -0.467 e. The van der Waals surface area contributed by atoms with Crippen molar-refractivity contribution in [2.45, 2.75) is 44.4 Å². The molecule has 30 heavy (non-hydrogen) atoms. The van der Waals surface area contributed by atoms with Gasteiger partial charge in [-0.15, -0.1) is 5.10 Å². The Labute approximate surface area is 183 Å². The second-order valence-electron chi connectivity index (χ2n) is 7.19. The minimum absolute atomic E-state index is 0.0268. The fraction of sp³-hybridized carbons (Fsp3) is 0.368. The Hall–Kier alpha value is -2.04. The van der Waals surface area contributed by atoms with Crippen LogP contribution in [0.1, 0.15) is 35.6 Å². The zero-order valence-electron chi connectivity index (χ0n) is 15.8. The predicted molar refractivity (Wildman–Crippen MR) is 111 cm³/mol. The molecule has 0 spiro atoms. The third-order valence-corrected chi connectivity index (χ3v) is 6.25. The number of hydrogen-bond donors (Lipinski definition) is 2. The Morgan fingerprint density at radius 2 is 2.20 bits per heavy atom. The van der Waals surface area contributed by atoms with Crippen molar-refractivity contribution in [2.24, 2.45) is 5.73 Å². The van der Waals surface area contributed by atoms with Crippen LogP contribution in [0.5, 0.6) is 0 Å². The van der Waals surface area contributed by atoms with Gasteiger partial charge in [0.15, 0.2) is 5.82 Å². The topological polar surface area (TPSA) is 81.4 Å². The van der Waals surface area contributed by atoms with Crippen molar-refractivity contribution < 1.29 is 17.6 Å². The highest BCUT2D eigenvalue weighted by atomic mass is 79.9. The molecule has 0 radical (unpaired) electrons. The van der Waals surface area contributed by atoms with E-state index in [1.54, 1.807) is 16.8 Å². The Morgan fingerprint density at radius 1 is 1.43 bits per heavy atom. The maximum Gasteiger partial charge on any atom is 0.412 e. The number of anilines is 1. The first-order valence-corrected chi connectivity index (χ1v) is 10.4. The minimum atomic E-state index is -4.36. The van der Waals surface area contributed by atoms with Gasteiger partial charge in [-0.25, -0.2) is 4.52 Å². The molecule has 6 nitrogen and oxygen atoms in total. The van der Waals surface area contributed by atoms with Crippen molar-refractivity contribution in [3.63, 3.8) is 0 Å². The lowest BCUT2D eigenvalue weighted by Crippen LogP contribution is -2.34. The maximum atomic E-state index is 13.1. The molecule has 0 fully saturated rings. The Morgan fingerprint density at radius 3 is 2.83 bits per heavy atom. The molecule has 4 rings (SSSR count). The van der Waals surface area contributed by atoms with Gasteiger partial charge < -0.3 is 15.5 Å². The molecule has 2 atom stereocenters. The van der Waals surface area contributed by atoms with Crippen LogP contribution in [0.3, 0.4) is 0 Å². The van der Waals surface area contributed by atoms with Crippen molar-refractivity contribution in [3.8, 4) is 0 Å². The first-order valence-electron chi connectivity index (χ1n) is 9.19. The molecule has 0 saturated carbocycles. The average Bonchev–Trinajstić information content (AvgIpc) is 3.27. The van der Waals surface area contributed by atoms with Crippen LogP contribution < -0.4 is 11.1 Å². The number of allylic oxidation sites excluding steroid dienone is 1. The average molecular weight is 505 g/mol. The number of aryl methyl sites for hydroxylation is 1. The van der Waals surface area contributed by atoms with Crippen molar-refractivity contribution in [3.05, 3.63) is 56.8 Å². The molecule has 3 aromatic heterocycles. The summed E-state index contributed by atoms with van der Waals surface area (Å²) in [6.45, 7) is 2.26. The lowest BCUT2D eigenvalue weighted by atomic mass is 9.80. The lowest BCUT2D eigenvalue weighted by molar-refractivity contribution is -0.0957. The van der Waals surface area contributed by atoms with Crippen LogP contribution in [0.25, 0.3) is 5.52 Å². The number of alkyl halides is 3. The van der Waals surface area contributed by atoms with E-state index < -0.39 is 17.8 Å². The molecule has 0 saturated heterocycles. The van der Waals surface area contributed by atoms with Crippen LogP contribution >= 0.6 is 27.5 Å². The van der Waals surface area contributed by atoms with E-state index in [-0.39, 0.29) is 24.0 Å². The van der Waals surface area contributed by atoms with E-state index in [4.69, 9.17) is 21.8 Å². The van der Waals surface area contributed by atoms with Crippen LogP contribution in [-0.2, 0) is 6.54 Å². The van der Waals surface area contributed by atoms with Gasteiger partial charge in [-0.3, -0.25) is 0 Å². The molecule has 3 aromatic rings. The van der Waals surface area contributed by atoms with Crippen molar-refractivity contribution in [2.75, 3.05) is 5.32 Å². The summed E-state index contributed by atoms with van der Waals surface area (Å²) in [5.74, 6) is 0.904. The van der Waals surface area contributed by atoms with Gasteiger partial charge in [-0.1, -0.05) is 6.08 Å². The summed E-state index contributed by atoms with van der Waals surface area (Å²) in [5, 5.41) is 7.48. The number of halogens is 5. The SMILES string of the molecule is Cc1c(C2CC=C(C(F)(F)F)CC2N)c(Br)n2nc(Cl)nc(NCc3ccco3)c12. The second-order valence-corrected chi connectivity index (χ2v) is 8.28. The van der Waals surface area contributed by atoms with Crippen molar-refractivity contribution in [1.82, 2.24) is 14.6 Å². The van der Waals surface area contributed by atoms with E-state index in [1.807, 2.05) is 13.0 Å². The number of nitrogens with two attached hydrogens (primary N) is 1. The van der Waals surface area contributed by atoms with Gasteiger partial charge in [-0.2, -0.15) is 18.2 Å². The molecule has 3 heterocycles. The third kappa shape index (κ3) is 3.83. The van der Waals surface area contributed by atoms with Crippen molar-refractivity contribution in [1.29, 1.82) is 0 Å². The number of furan rings is 1. The molecule has 160 valence electrons. The molecular formula is C19H18BrClF3N5O. The summed E-state index contributed by atoms with van der Waals surface area (Å²) >= 11 is 9.66. The van der Waals surface area contributed by atoms with E-state index in [0.717, 1.165) is 11.1 Å². The van der Waals surface area contributed by atoms with E-state index in [9.17, 15) is 13.2 Å². The number of aromatic nitrogens is 3. The van der Waals surface area contributed by atoms with Crippen LogP contribution in [-0.4, -0.2) is 26.8 Å². The van der Waals surface area contributed by atoms with Gasteiger partial charge in [0.25, 0.3) is 0 Å².